The summed E-state index contributed by atoms with van der Waals surface area (Å²) in [6, 6.07) is 0. The molecule has 0 heterocycles. The van der Waals surface area contributed by atoms with E-state index in [1.54, 1.807) is 11.8 Å². The summed E-state index contributed by atoms with van der Waals surface area (Å²) in [4.78, 5) is 10.8. The van der Waals surface area contributed by atoms with Crippen LogP contribution in [-0.4, -0.2) is 38.8 Å². The van der Waals surface area contributed by atoms with Gasteiger partial charge in [0.25, 0.3) is 0 Å². The lowest BCUT2D eigenvalue weighted by Crippen LogP contribution is -2.40. The highest BCUT2D eigenvalue weighted by Crippen LogP contribution is 2.34. The first-order valence-corrected chi connectivity index (χ1v) is 7.19. The van der Waals surface area contributed by atoms with Crippen LogP contribution in [0.25, 0.3) is 0 Å². The van der Waals surface area contributed by atoms with Crippen molar-refractivity contribution in [2.45, 2.75) is 50.7 Å². The first kappa shape index (κ1) is 14.8. The number of aliphatic carboxylic acids is 1. The summed E-state index contributed by atoms with van der Waals surface area (Å²) in [6.07, 6.45) is 2.33. The molecule has 1 rings (SSSR count). The molecule has 0 saturated heterocycles. The number of carboxylic acid groups (broad SMARTS) is 1. The van der Waals surface area contributed by atoms with Gasteiger partial charge in [0.15, 0.2) is 0 Å². The molecular formula is C12H23NO3S. The number of rotatable bonds is 5. The van der Waals surface area contributed by atoms with Crippen LogP contribution in [0, 0.1) is 5.92 Å². The van der Waals surface area contributed by atoms with E-state index in [9.17, 15) is 9.90 Å². The number of nitrogens with two attached hydrogens (primary N) is 1. The summed E-state index contributed by atoms with van der Waals surface area (Å²) in [5.41, 5.74) is 4.96. The van der Waals surface area contributed by atoms with Crippen LogP contribution in [0.15, 0.2) is 0 Å². The summed E-state index contributed by atoms with van der Waals surface area (Å²) in [7, 11) is 0. The lowest BCUT2D eigenvalue weighted by atomic mass is 9.80. The van der Waals surface area contributed by atoms with Gasteiger partial charge in [0, 0.05) is 17.0 Å². The van der Waals surface area contributed by atoms with Crippen molar-refractivity contribution in [3.05, 3.63) is 0 Å². The summed E-state index contributed by atoms with van der Waals surface area (Å²) in [5.74, 6) is 0.450. The molecule has 0 atom stereocenters. The Morgan fingerprint density at radius 2 is 2.00 bits per heavy atom. The van der Waals surface area contributed by atoms with Gasteiger partial charge in [-0.15, -0.1) is 0 Å². The fourth-order valence-corrected chi connectivity index (χ4v) is 3.35. The fourth-order valence-electron chi connectivity index (χ4n) is 2.05. The molecular weight excluding hydrogens is 238 g/mol. The van der Waals surface area contributed by atoms with Crippen LogP contribution in [-0.2, 0) is 4.79 Å². The Bertz CT molecular complexity index is 267. The van der Waals surface area contributed by atoms with Crippen molar-refractivity contribution in [3.63, 3.8) is 0 Å². The third-order valence-corrected chi connectivity index (χ3v) is 4.80. The molecule has 0 spiro atoms. The molecule has 0 unspecified atom stereocenters. The standard InChI is InChI=1S/C12H23NO3S/c1-11(2,13)7-17-8-12(16)5-3-9(4-6-12)10(14)15/h9,16H,3-8,13H2,1-2H3,(H,14,15). The van der Waals surface area contributed by atoms with Gasteiger partial charge in [0.05, 0.1) is 11.5 Å². The van der Waals surface area contributed by atoms with Crippen LogP contribution >= 0.6 is 11.8 Å². The molecule has 0 radical (unpaired) electrons. The highest BCUT2D eigenvalue weighted by Gasteiger charge is 2.35. The van der Waals surface area contributed by atoms with Crippen LogP contribution in [0.2, 0.25) is 0 Å². The first-order chi connectivity index (χ1) is 7.72. The summed E-state index contributed by atoms with van der Waals surface area (Å²) in [5, 5.41) is 19.2. The molecule has 17 heavy (non-hydrogen) atoms. The van der Waals surface area contributed by atoms with Crippen molar-refractivity contribution in [2.24, 2.45) is 11.7 Å². The number of carbonyl (C=O) groups is 1. The largest absolute Gasteiger partial charge is 0.481 e. The first-order valence-electron chi connectivity index (χ1n) is 6.04. The monoisotopic (exact) mass is 261 g/mol. The Morgan fingerprint density at radius 1 is 1.47 bits per heavy atom. The Balaban J connectivity index is 2.32. The lowest BCUT2D eigenvalue weighted by Gasteiger charge is -2.35. The van der Waals surface area contributed by atoms with Gasteiger partial charge in [-0.1, -0.05) is 0 Å². The molecule has 0 aromatic carbocycles. The summed E-state index contributed by atoms with van der Waals surface area (Å²) in [6.45, 7) is 3.93. The van der Waals surface area contributed by atoms with E-state index in [0.717, 1.165) is 5.75 Å². The maximum Gasteiger partial charge on any atom is 0.306 e. The van der Waals surface area contributed by atoms with E-state index in [4.69, 9.17) is 10.8 Å². The Kier molecular flexibility index (Phi) is 4.86. The van der Waals surface area contributed by atoms with Crippen molar-refractivity contribution < 1.29 is 15.0 Å². The average Bonchev–Trinajstić information content (AvgIpc) is 2.15. The van der Waals surface area contributed by atoms with Crippen molar-refractivity contribution in [1.29, 1.82) is 0 Å². The van der Waals surface area contributed by atoms with Gasteiger partial charge in [0.1, 0.15) is 0 Å². The lowest BCUT2D eigenvalue weighted by molar-refractivity contribution is -0.144. The number of carboxylic acids is 1. The Labute approximate surface area is 107 Å². The van der Waals surface area contributed by atoms with Crippen molar-refractivity contribution in [1.82, 2.24) is 0 Å². The van der Waals surface area contributed by atoms with Gasteiger partial charge >= 0.3 is 5.97 Å². The van der Waals surface area contributed by atoms with Crippen LogP contribution in [0.5, 0.6) is 0 Å². The molecule has 1 saturated carbocycles. The molecule has 1 aliphatic rings. The molecule has 0 amide bonds. The SMILES string of the molecule is CC(C)(N)CSCC1(O)CCC(C(=O)O)CC1. The van der Waals surface area contributed by atoms with Gasteiger partial charge in [-0.25, -0.2) is 0 Å². The minimum Gasteiger partial charge on any atom is -0.481 e. The Morgan fingerprint density at radius 3 is 2.41 bits per heavy atom. The van der Waals surface area contributed by atoms with Gasteiger partial charge in [0.2, 0.25) is 0 Å². The van der Waals surface area contributed by atoms with E-state index < -0.39 is 11.6 Å². The van der Waals surface area contributed by atoms with Crippen LogP contribution in [0.3, 0.4) is 0 Å². The minimum absolute atomic E-state index is 0.223. The quantitative estimate of drug-likeness (QED) is 0.698. The van der Waals surface area contributed by atoms with E-state index >= 15 is 0 Å². The molecule has 0 aromatic heterocycles. The number of aliphatic hydroxyl groups is 1. The van der Waals surface area contributed by atoms with Gasteiger partial charge in [-0.3, -0.25) is 4.79 Å². The second kappa shape index (κ2) is 5.59. The third kappa shape index (κ3) is 5.27. The second-order valence-electron chi connectivity index (χ2n) is 5.82. The second-order valence-corrected chi connectivity index (χ2v) is 6.80. The molecule has 0 aliphatic heterocycles. The van der Waals surface area contributed by atoms with Crippen LogP contribution in [0.1, 0.15) is 39.5 Å². The van der Waals surface area contributed by atoms with Gasteiger partial charge < -0.3 is 15.9 Å². The molecule has 1 fully saturated rings. The normalized spacial score (nSPS) is 30.2. The molecule has 0 bridgehead atoms. The van der Waals surface area contributed by atoms with Gasteiger partial charge in [-0.2, -0.15) is 11.8 Å². The summed E-state index contributed by atoms with van der Waals surface area (Å²) < 4.78 is 0. The summed E-state index contributed by atoms with van der Waals surface area (Å²) >= 11 is 1.65. The van der Waals surface area contributed by atoms with E-state index in [-0.39, 0.29) is 11.5 Å². The molecule has 4 nitrogen and oxygen atoms in total. The predicted molar refractivity (Wildman–Crippen MR) is 70.1 cm³/mol. The van der Waals surface area contributed by atoms with E-state index in [1.807, 2.05) is 13.8 Å². The van der Waals surface area contributed by atoms with Crippen LogP contribution < -0.4 is 5.73 Å². The number of thioether (sulfide) groups is 1. The minimum atomic E-state index is -0.734. The molecule has 4 N–H and O–H groups in total. The molecule has 5 heteroatoms. The zero-order chi connectivity index (χ0) is 13.1. The van der Waals surface area contributed by atoms with Crippen molar-refractivity contribution in [3.8, 4) is 0 Å². The smallest absolute Gasteiger partial charge is 0.306 e. The van der Waals surface area contributed by atoms with Gasteiger partial charge in [-0.05, 0) is 39.5 Å². The molecule has 100 valence electrons. The van der Waals surface area contributed by atoms with Crippen molar-refractivity contribution in [2.75, 3.05) is 11.5 Å². The van der Waals surface area contributed by atoms with E-state index in [2.05, 4.69) is 0 Å². The molecule has 0 aromatic rings. The fraction of sp³-hybridized carbons (Fsp3) is 0.917. The number of hydrogen-bond acceptors (Lipinski definition) is 4. The van der Waals surface area contributed by atoms with E-state index in [0.29, 0.717) is 31.4 Å². The maximum atomic E-state index is 10.8. The highest BCUT2D eigenvalue weighted by atomic mass is 32.2. The Hall–Kier alpha value is -0.260. The van der Waals surface area contributed by atoms with E-state index in [1.165, 1.54) is 0 Å². The molecule has 1 aliphatic carbocycles. The predicted octanol–water partition coefficient (Wildman–Crippen LogP) is 1.46. The average molecular weight is 261 g/mol. The zero-order valence-corrected chi connectivity index (χ0v) is 11.4. The van der Waals surface area contributed by atoms with Crippen molar-refractivity contribution >= 4 is 17.7 Å². The maximum absolute atomic E-state index is 10.8. The topological polar surface area (TPSA) is 83.5 Å². The third-order valence-electron chi connectivity index (χ3n) is 3.11. The zero-order valence-electron chi connectivity index (χ0n) is 10.6. The highest BCUT2D eigenvalue weighted by molar-refractivity contribution is 7.99. The number of hydrogen-bond donors (Lipinski definition) is 3. The van der Waals surface area contributed by atoms with Crippen LogP contribution in [0.4, 0.5) is 0 Å².